The molecule has 0 rings (SSSR count). The summed E-state index contributed by atoms with van der Waals surface area (Å²) in [4.78, 5) is 33.2. The van der Waals surface area contributed by atoms with E-state index in [9.17, 15) is 14.4 Å². The van der Waals surface area contributed by atoms with Crippen LogP contribution in [0.15, 0.2) is 12.2 Å². The first-order chi connectivity index (χ1) is 10.4. The minimum absolute atomic E-state index is 0.213. The molecule has 0 heterocycles. The van der Waals surface area contributed by atoms with Crippen molar-refractivity contribution in [3.8, 4) is 12.3 Å². The molecule has 22 heavy (non-hydrogen) atoms. The highest BCUT2D eigenvalue weighted by Gasteiger charge is 2.26. The molecule has 7 heteroatoms. The first kappa shape index (κ1) is 19.7. The molecule has 122 valence electrons. The molecule has 7 nitrogen and oxygen atoms in total. The fourth-order valence-corrected chi connectivity index (χ4v) is 1.47. The third-order valence-electron chi connectivity index (χ3n) is 2.25. The van der Waals surface area contributed by atoms with E-state index in [4.69, 9.17) is 20.6 Å². The Morgan fingerprint density at radius 1 is 1.14 bits per heavy atom. The summed E-state index contributed by atoms with van der Waals surface area (Å²) in [6, 6.07) is 0. The number of nitrogens with one attached hydrogen (secondary N) is 1. The third-order valence-corrected chi connectivity index (χ3v) is 2.25. The van der Waals surface area contributed by atoms with E-state index in [1.165, 1.54) is 20.8 Å². The van der Waals surface area contributed by atoms with Gasteiger partial charge in [-0.05, 0) is 6.08 Å². The van der Waals surface area contributed by atoms with Crippen LogP contribution in [0.3, 0.4) is 0 Å². The van der Waals surface area contributed by atoms with Gasteiger partial charge in [0.1, 0.15) is 6.61 Å². The van der Waals surface area contributed by atoms with E-state index in [0.717, 1.165) is 0 Å². The molecule has 0 aromatic rings. The molecule has 0 aromatic carbocycles. The van der Waals surface area contributed by atoms with Crippen molar-refractivity contribution in [2.45, 2.75) is 33.0 Å². The maximum absolute atomic E-state index is 11.2. The summed E-state index contributed by atoms with van der Waals surface area (Å²) in [6.07, 6.45) is 6.53. The summed E-state index contributed by atoms with van der Waals surface area (Å²) in [5.74, 6) is 0.758. The molecule has 1 N–H and O–H groups in total. The highest BCUT2D eigenvalue weighted by atomic mass is 16.6. The number of hydrogen-bond acceptors (Lipinski definition) is 7. The van der Waals surface area contributed by atoms with Crippen molar-refractivity contribution in [2.75, 3.05) is 19.7 Å². The molecule has 0 saturated carbocycles. The van der Waals surface area contributed by atoms with Gasteiger partial charge in [-0.25, -0.2) is 0 Å². The topological polar surface area (TPSA) is 90.9 Å². The number of carbonyl (C=O) groups excluding carboxylic acids is 3. The zero-order valence-electron chi connectivity index (χ0n) is 13.0. The molecule has 0 fully saturated rings. The lowest BCUT2D eigenvalue weighted by Crippen LogP contribution is -2.37. The Kier molecular flexibility index (Phi) is 10.1. The normalized spacial score (nSPS) is 13.0. The maximum atomic E-state index is 11.2. The predicted molar refractivity (Wildman–Crippen MR) is 78.6 cm³/mol. The Labute approximate surface area is 130 Å². The lowest BCUT2D eigenvalue weighted by Gasteiger charge is -2.23. The van der Waals surface area contributed by atoms with Crippen molar-refractivity contribution in [1.29, 1.82) is 0 Å². The van der Waals surface area contributed by atoms with Crippen molar-refractivity contribution >= 4 is 17.9 Å². The van der Waals surface area contributed by atoms with Gasteiger partial charge in [-0.1, -0.05) is 12.0 Å². The molecule has 0 spiro atoms. The van der Waals surface area contributed by atoms with Gasteiger partial charge in [0.2, 0.25) is 0 Å². The van der Waals surface area contributed by atoms with Crippen LogP contribution >= 0.6 is 0 Å². The van der Waals surface area contributed by atoms with Gasteiger partial charge in [0.25, 0.3) is 0 Å². The lowest BCUT2D eigenvalue weighted by atomic mass is 10.2. The average Bonchev–Trinajstić information content (AvgIpc) is 2.41. The van der Waals surface area contributed by atoms with E-state index in [2.05, 4.69) is 11.2 Å². The zero-order valence-corrected chi connectivity index (χ0v) is 13.0. The molecule has 0 aromatic heterocycles. The van der Waals surface area contributed by atoms with E-state index >= 15 is 0 Å². The summed E-state index contributed by atoms with van der Waals surface area (Å²) in [6.45, 7) is 4.30. The standard InChI is InChI=1S/C15H21NO6/c1-5-8-16-9-6-7-14(21-12(3)18)15(22-13(4)19)10-20-11(2)17/h1,6-7,14-16H,8-10H2,2-4H3/b7-6+/t14-,15+/m0/s1. The molecule has 2 atom stereocenters. The molecular weight excluding hydrogens is 290 g/mol. The van der Waals surface area contributed by atoms with Crippen molar-refractivity contribution in [2.24, 2.45) is 0 Å². The fraction of sp³-hybridized carbons (Fsp3) is 0.533. The van der Waals surface area contributed by atoms with Gasteiger partial charge >= 0.3 is 17.9 Å². The van der Waals surface area contributed by atoms with Crippen LogP contribution in [-0.2, 0) is 28.6 Å². The number of carbonyl (C=O) groups is 3. The van der Waals surface area contributed by atoms with Crippen molar-refractivity contribution in [3.63, 3.8) is 0 Å². The van der Waals surface area contributed by atoms with Gasteiger partial charge in [0.05, 0.1) is 6.54 Å². The minimum atomic E-state index is -0.922. The van der Waals surface area contributed by atoms with Crippen molar-refractivity contribution in [3.05, 3.63) is 12.2 Å². The minimum Gasteiger partial charge on any atom is -0.462 e. The van der Waals surface area contributed by atoms with Crippen molar-refractivity contribution in [1.82, 2.24) is 5.32 Å². The largest absolute Gasteiger partial charge is 0.462 e. The van der Waals surface area contributed by atoms with E-state index in [1.54, 1.807) is 12.2 Å². The molecule has 0 bridgehead atoms. The van der Waals surface area contributed by atoms with Crippen LogP contribution in [0.4, 0.5) is 0 Å². The second-order valence-corrected chi connectivity index (χ2v) is 4.29. The van der Waals surface area contributed by atoms with Crippen LogP contribution in [-0.4, -0.2) is 49.8 Å². The SMILES string of the molecule is C#CCNC/C=C/[C@H](OC(C)=O)[C@@H](COC(C)=O)OC(C)=O. The highest BCUT2D eigenvalue weighted by molar-refractivity contribution is 5.68. The first-order valence-corrected chi connectivity index (χ1v) is 6.65. The van der Waals surface area contributed by atoms with Crippen molar-refractivity contribution < 1.29 is 28.6 Å². The number of ether oxygens (including phenoxy) is 3. The van der Waals surface area contributed by atoms with Gasteiger partial charge in [-0.3, -0.25) is 14.4 Å². The Morgan fingerprint density at radius 3 is 2.27 bits per heavy atom. The monoisotopic (exact) mass is 311 g/mol. The summed E-state index contributed by atoms with van der Waals surface area (Å²) < 4.78 is 15.0. The Morgan fingerprint density at radius 2 is 1.77 bits per heavy atom. The van der Waals surface area contributed by atoms with Gasteiger partial charge in [0, 0.05) is 27.3 Å². The zero-order chi connectivity index (χ0) is 17.0. The smallest absolute Gasteiger partial charge is 0.303 e. The van der Waals surface area contributed by atoms with Crippen LogP contribution in [0.2, 0.25) is 0 Å². The number of esters is 3. The number of rotatable bonds is 9. The second kappa shape index (κ2) is 11.3. The summed E-state index contributed by atoms with van der Waals surface area (Å²) in [7, 11) is 0. The third kappa shape index (κ3) is 10.5. The fourth-order valence-electron chi connectivity index (χ4n) is 1.47. The van der Waals surface area contributed by atoms with E-state index in [-0.39, 0.29) is 6.61 Å². The number of terminal acetylenes is 1. The second-order valence-electron chi connectivity index (χ2n) is 4.29. The van der Waals surface area contributed by atoms with Crippen LogP contribution < -0.4 is 5.32 Å². The first-order valence-electron chi connectivity index (χ1n) is 6.65. The average molecular weight is 311 g/mol. The maximum Gasteiger partial charge on any atom is 0.303 e. The number of hydrogen-bond donors (Lipinski definition) is 1. The van der Waals surface area contributed by atoms with E-state index in [1.807, 2.05) is 0 Å². The molecule has 0 unspecified atom stereocenters. The van der Waals surface area contributed by atoms with E-state index < -0.39 is 30.1 Å². The predicted octanol–water partition coefficient (Wildman–Crippen LogP) is 0.192. The van der Waals surface area contributed by atoms with Gasteiger partial charge in [-0.2, -0.15) is 0 Å². The van der Waals surface area contributed by atoms with Gasteiger partial charge in [-0.15, -0.1) is 6.42 Å². The molecule has 0 saturated heterocycles. The summed E-state index contributed by atoms with van der Waals surface area (Å²) in [5.41, 5.74) is 0. The van der Waals surface area contributed by atoms with Crippen LogP contribution in [0.5, 0.6) is 0 Å². The molecule has 0 aliphatic heterocycles. The Balaban J connectivity index is 4.85. The quantitative estimate of drug-likeness (QED) is 0.214. The van der Waals surface area contributed by atoms with Gasteiger partial charge in [0.15, 0.2) is 12.2 Å². The summed E-state index contributed by atoms with van der Waals surface area (Å²) >= 11 is 0. The Bertz CT molecular complexity index is 451. The molecular formula is C15H21NO6. The van der Waals surface area contributed by atoms with E-state index in [0.29, 0.717) is 13.1 Å². The van der Waals surface area contributed by atoms with Crippen LogP contribution in [0.1, 0.15) is 20.8 Å². The van der Waals surface area contributed by atoms with Gasteiger partial charge < -0.3 is 19.5 Å². The Hall–Kier alpha value is -2.33. The van der Waals surface area contributed by atoms with Crippen LogP contribution in [0.25, 0.3) is 0 Å². The lowest BCUT2D eigenvalue weighted by molar-refractivity contribution is -0.169. The highest BCUT2D eigenvalue weighted by Crippen LogP contribution is 2.09. The molecule has 0 aliphatic carbocycles. The molecule has 0 amide bonds. The molecule has 0 radical (unpaired) electrons. The summed E-state index contributed by atoms with van der Waals surface area (Å²) in [5, 5.41) is 2.92. The van der Waals surface area contributed by atoms with Crippen LogP contribution in [0, 0.1) is 12.3 Å². The molecule has 0 aliphatic rings.